The number of hydrogen-bond acceptors (Lipinski definition) is 3. The summed E-state index contributed by atoms with van der Waals surface area (Å²) in [6.07, 6.45) is 8.67. The molecule has 2 saturated carbocycles. The fraction of sp³-hybridized carbons (Fsp3) is 1.00. The Morgan fingerprint density at radius 1 is 1.17 bits per heavy atom. The van der Waals surface area contributed by atoms with Crippen molar-refractivity contribution in [3.63, 3.8) is 0 Å². The smallest absolute Gasteiger partial charge is 0.0207 e. The van der Waals surface area contributed by atoms with Crippen molar-refractivity contribution < 1.29 is 0 Å². The fourth-order valence-electron chi connectivity index (χ4n) is 4.29. The number of nitrogens with one attached hydrogen (secondary N) is 2. The van der Waals surface area contributed by atoms with E-state index in [1.807, 2.05) is 0 Å². The molecule has 2 aliphatic carbocycles. The molecule has 4 aliphatic rings. The monoisotopic (exact) mass is 249 g/mol. The molecule has 2 unspecified atom stereocenters. The molecule has 0 bridgehead atoms. The fourth-order valence-corrected chi connectivity index (χ4v) is 4.29. The normalized spacial score (nSPS) is 39.3. The van der Waals surface area contributed by atoms with E-state index in [-0.39, 0.29) is 0 Å². The van der Waals surface area contributed by atoms with Crippen LogP contribution in [-0.4, -0.2) is 49.7 Å². The van der Waals surface area contributed by atoms with Gasteiger partial charge in [-0.15, -0.1) is 0 Å². The van der Waals surface area contributed by atoms with E-state index in [1.54, 1.807) is 0 Å². The summed E-state index contributed by atoms with van der Waals surface area (Å²) in [5, 5.41) is 7.36. The van der Waals surface area contributed by atoms with Gasteiger partial charge in [0.2, 0.25) is 0 Å². The van der Waals surface area contributed by atoms with Crippen LogP contribution >= 0.6 is 0 Å². The van der Waals surface area contributed by atoms with Gasteiger partial charge in [-0.25, -0.2) is 0 Å². The maximum absolute atomic E-state index is 3.87. The lowest BCUT2D eigenvalue weighted by Gasteiger charge is -2.24. The van der Waals surface area contributed by atoms with Gasteiger partial charge in [0.25, 0.3) is 0 Å². The number of nitrogens with zero attached hydrogens (tertiary/aromatic N) is 1. The van der Waals surface area contributed by atoms with Crippen LogP contribution in [0.15, 0.2) is 0 Å². The van der Waals surface area contributed by atoms with Gasteiger partial charge in [-0.2, -0.15) is 0 Å². The van der Waals surface area contributed by atoms with Gasteiger partial charge in [0, 0.05) is 25.2 Å². The van der Waals surface area contributed by atoms with E-state index in [1.165, 1.54) is 71.2 Å². The van der Waals surface area contributed by atoms with Gasteiger partial charge >= 0.3 is 0 Å². The minimum Gasteiger partial charge on any atom is -0.317 e. The summed E-state index contributed by atoms with van der Waals surface area (Å²) in [5.41, 5.74) is 0.757. The molecule has 4 fully saturated rings. The van der Waals surface area contributed by atoms with Gasteiger partial charge < -0.3 is 10.6 Å². The summed E-state index contributed by atoms with van der Waals surface area (Å²) in [6.45, 7) is 6.49. The highest BCUT2D eigenvalue weighted by Crippen LogP contribution is 2.58. The van der Waals surface area contributed by atoms with Crippen LogP contribution in [-0.2, 0) is 0 Å². The quantitative estimate of drug-likeness (QED) is 0.784. The van der Waals surface area contributed by atoms with E-state index in [0.717, 1.165) is 23.4 Å². The highest BCUT2D eigenvalue weighted by atomic mass is 15.2. The first-order chi connectivity index (χ1) is 8.86. The van der Waals surface area contributed by atoms with Crippen molar-refractivity contribution in [3.05, 3.63) is 0 Å². The lowest BCUT2D eigenvalue weighted by molar-refractivity contribution is 0.303. The molecular weight excluding hydrogens is 222 g/mol. The Labute approximate surface area is 111 Å². The van der Waals surface area contributed by atoms with Crippen molar-refractivity contribution in [1.82, 2.24) is 15.5 Å². The maximum Gasteiger partial charge on any atom is 0.0207 e. The second-order valence-corrected chi connectivity index (χ2v) is 7.13. The van der Waals surface area contributed by atoms with Crippen LogP contribution in [0.5, 0.6) is 0 Å². The highest BCUT2D eigenvalue weighted by Gasteiger charge is 2.53. The summed E-state index contributed by atoms with van der Waals surface area (Å²) < 4.78 is 0. The van der Waals surface area contributed by atoms with Gasteiger partial charge in [0.05, 0.1) is 0 Å². The molecule has 0 aromatic heterocycles. The molecule has 2 heterocycles. The lowest BCUT2D eigenvalue weighted by Crippen LogP contribution is -2.36. The molecule has 4 rings (SSSR count). The topological polar surface area (TPSA) is 27.3 Å². The minimum absolute atomic E-state index is 0.757. The van der Waals surface area contributed by atoms with E-state index in [9.17, 15) is 0 Å². The average Bonchev–Trinajstić information content (AvgIpc) is 3.30. The van der Waals surface area contributed by atoms with E-state index in [0.29, 0.717) is 0 Å². The second-order valence-electron chi connectivity index (χ2n) is 7.13. The lowest BCUT2D eigenvalue weighted by atomic mass is 9.92. The molecule has 3 nitrogen and oxygen atoms in total. The first-order valence-electron chi connectivity index (χ1n) is 8.04. The molecule has 2 N–H and O–H groups in total. The number of rotatable bonds is 4. The first-order valence-corrected chi connectivity index (χ1v) is 8.04. The van der Waals surface area contributed by atoms with Crippen molar-refractivity contribution in [1.29, 1.82) is 0 Å². The highest BCUT2D eigenvalue weighted by molar-refractivity contribution is 5.05. The van der Waals surface area contributed by atoms with Crippen LogP contribution in [0.1, 0.15) is 38.5 Å². The van der Waals surface area contributed by atoms with E-state index in [4.69, 9.17) is 0 Å². The summed E-state index contributed by atoms with van der Waals surface area (Å²) in [6, 6.07) is 1.76. The molecule has 2 atom stereocenters. The third-order valence-corrected chi connectivity index (χ3v) is 5.89. The summed E-state index contributed by atoms with van der Waals surface area (Å²) in [4.78, 5) is 2.71. The molecule has 2 aliphatic heterocycles. The molecule has 0 aromatic rings. The summed E-state index contributed by atoms with van der Waals surface area (Å²) >= 11 is 0. The van der Waals surface area contributed by atoms with Crippen molar-refractivity contribution in [3.8, 4) is 0 Å². The van der Waals surface area contributed by atoms with Gasteiger partial charge in [-0.05, 0) is 69.5 Å². The first kappa shape index (κ1) is 11.7. The molecule has 18 heavy (non-hydrogen) atoms. The third kappa shape index (κ3) is 2.21. The number of piperidine rings is 1. The van der Waals surface area contributed by atoms with E-state index in [2.05, 4.69) is 15.5 Å². The minimum atomic E-state index is 0.757. The van der Waals surface area contributed by atoms with Gasteiger partial charge in [0.1, 0.15) is 0 Å². The molecular formula is C15H27N3. The van der Waals surface area contributed by atoms with Crippen molar-refractivity contribution in [2.75, 3.05) is 32.7 Å². The van der Waals surface area contributed by atoms with Crippen LogP contribution in [0.25, 0.3) is 0 Å². The number of likely N-dealkylation sites (tertiary alicyclic amines) is 1. The molecule has 0 radical (unpaired) electrons. The Balaban J connectivity index is 1.21. The summed E-state index contributed by atoms with van der Waals surface area (Å²) in [7, 11) is 0. The second kappa shape index (κ2) is 4.46. The molecule has 0 amide bonds. The predicted octanol–water partition coefficient (Wildman–Crippen LogP) is 1.20. The van der Waals surface area contributed by atoms with Crippen LogP contribution in [0, 0.1) is 11.3 Å². The third-order valence-electron chi connectivity index (χ3n) is 5.89. The SMILES string of the molecule is C1CC2(CCN1)CC2CNC1CCN(C2CC2)C1. The molecule has 102 valence electrons. The Hall–Kier alpha value is -0.120. The Morgan fingerprint density at radius 2 is 2.00 bits per heavy atom. The van der Waals surface area contributed by atoms with Crippen molar-refractivity contribution >= 4 is 0 Å². The number of hydrogen-bond donors (Lipinski definition) is 2. The van der Waals surface area contributed by atoms with Crippen molar-refractivity contribution in [2.24, 2.45) is 11.3 Å². The molecule has 3 heteroatoms. The van der Waals surface area contributed by atoms with E-state index >= 15 is 0 Å². The Morgan fingerprint density at radius 3 is 2.78 bits per heavy atom. The van der Waals surface area contributed by atoms with Crippen LogP contribution in [0.3, 0.4) is 0 Å². The largest absolute Gasteiger partial charge is 0.317 e. The average molecular weight is 249 g/mol. The van der Waals surface area contributed by atoms with Gasteiger partial charge in [-0.1, -0.05) is 0 Å². The van der Waals surface area contributed by atoms with Crippen molar-refractivity contribution in [2.45, 2.75) is 50.6 Å². The van der Waals surface area contributed by atoms with Gasteiger partial charge in [0.15, 0.2) is 0 Å². The molecule has 0 aromatic carbocycles. The van der Waals surface area contributed by atoms with Crippen LogP contribution in [0.2, 0.25) is 0 Å². The van der Waals surface area contributed by atoms with Gasteiger partial charge in [-0.3, -0.25) is 4.90 Å². The van der Waals surface area contributed by atoms with Crippen LogP contribution < -0.4 is 10.6 Å². The predicted molar refractivity (Wildman–Crippen MR) is 73.6 cm³/mol. The van der Waals surface area contributed by atoms with Crippen LogP contribution in [0.4, 0.5) is 0 Å². The molecule has 1 spiro atoms. The zero-order chi connectivity index (χ0) is 12.0. The standard InChI is InChI=1S/C15H27N3/c1-2-14(1)18-8-3-13(11-18)17-10-12-9-15(12)4-6-16-7-5-15/h12-14,16-17H,1-11H2. The van der Waals surface area contributed by atoms with E-state index < -0.39 is 0 Å². The Bertz CT molecular complexity index is 307. The Kier molecular flexibility index (Phi) is 2.90. The zero-order valence-corrected chi connectivity index (χ0v) is 11.5. The maximum atomic E-state index is 3.87. The molecule has 2 saturated heterocycles. The summed E-state index contributed by atoms with van der Waals surface area (Å²) in [5.74, 6) is 0.995. The zero-order valence-electron chi connectivity index (χ0n) is 11.5.